The highest BCUT2D eigenvalue weighted by Gasteiger charge is 2.06. The summed E-state index contributed by atoms with van der Waals surface area (Å²) in [4.78, 5) is 16.2. The van der Waals surface area contributed by atoms with Gasteiger partial charge in [0.25, 0.3) is 0 Å². The van der Waals surface area contributed by atoms with Crippen LogP contribution in [0.3, 0.4) is 0 Å². The van der Waals surface area contributed by atoms with Crippen molar-refractivity contribution in [1.29, 1.82) is 0 Å². The van der Waals surface area contributed by atoms with Gasteiger partial charge in [-0.1, -0.05) is 6.07 Å². The number of amides is 1. The van der Waals surface area contributed by atoms with Crippen molar-refractivity contribution in [2.24, 2.45) is 4.99 Å². The maximum atomic E-state index is 11.7. The third-order valence-corrected chi connectivity index (χ3v) is 3.31. The summed E-state index contributed by atoms with van der Waals surface area (Å²) in [6.07, 6.45) is 0.402. The Morgan fingerprint density at radius 1 is 1.15 bits per heavy atom. The zero-order valence-electron chi connectivity index (χ0n) is 16.2. The predicted octanol–water partition coefficient (Wildman–Crippen LogP) is 2.29. The number of guanidine groups is 1. The third-order valence-electron chi connectivity index (χ3n) is 3.31. The molecule has 7 nitrogen and oxygen atoms in total. The molecule has 0 aliphatic heterocycles. The monoisotopic (exact) mass is 478 g/mol. The number of hydrogen-bond donors (Lipinski definition) is 3. The smallest absolute Gasteiger partial charge is 0.221 e. The minimum absolute atomic E-state index is 0. The number of aliphatic imine (C=N–C) groups is 1. The summed E-state index contributed by atoms with van der Waals surface area (Å²) in [7, 11) is 3.22. The fourth-order valence-corrected chi connectivity index (χ4v) is 2.18. The van der Waals surface area contributed by atoms with Crippen molar-refractivity contribution in [2.75, 3.05) is 27.3 Å². The maximum absolute atomic E-state index is 11.7. The van der Waals surface area contributed by atoms with Crippen molar-refractivity contribution in [3.63, 3.8) is 0 Å². The Balaban J connectivity index is 0.00000625. The highest BCUT2D eigenvalue weighted by atomic mass is 127. The molecule has 0 atom stereocenters. The molecule has 1 aromatic carbocycles. The number of ether oxygens (including phenoxy) is 2. The Morgan fingerprint density at radius 3 is 2.42 bits per heavy atom. The van der Waals surface area contributed by atoms with E-state index in [-0.39, 0.29) is 35.9 Å². The van der Waals surface area contributed by atoms with E-state index in [9.17, 15) is 4.79 Å². The molecule has 8 heteroatoms. The number of carbonyl (C=O) groups is 1. The van der Waals surface area contributed by atoms with Crippen LogP contribution in [0.1, 0.15) is 32.8 Å². The zero-order valence-corrected chi connectivity index (χ0v) is 18.5. The van der Waals surface area contributed by atoms with E-state index in [1.165, 1.54) is 0 Å². The molecule has 0 bridgehead atoms. The molecule has 0 aliphatic rings. The molecule has 0 saturated carbocycles. The molecule has 3 N–H and O–H groups in total. The third kappa shape index (κ3) is 9.12. The van der Waals surface area contributed by atoms with Crippen molar-refractivity contribution < 1.29 is 14.3 Å². The summed E-state index contributed by atoms with van der Waals surface area (Å²) in [5, 5.41) is 9.20. The molecule has 0 fully saturated rings. The Hall–Kier alpha value is -1.71. The first-order chi connectivity index (χ1) is 12.0. The highest BCUT2D eigenvalue weighted by molar-refractivity contribution is 14.0. The SMILES string of the molecule is CCNC(=NCc1ccc(OC)c(OC)c1)NCCC(=O)NC(C)C.I. The van der Waals surface area contributed by atoms with Gasteiger partial charge in [0.15, 0.2) is 17.5 Å². The lowest BCUT2D eigenvalue weighted by atomic mass is 10.2. The number of methoxy groups -OCH3 is 2. The van der Waals surface area contributed by atoms with Crippen LogP contribution < -0.4 is 25.4 Å². The Bertz CT molecular complexity index is 580. The molecule has 0 heterocycles. The second-order valence-electron chi connectivity index (χ2n) is 5.78. The van der Waals surface area contributed by atoms with E-state index in [1.807, 2.05) is 39.0 Å². The number of nitrogens with one attached hydrogen (secondary N) is 3. The van der Waals surface area contributed by atoms with Crippen molar-refractivity contribution in [1.82, 2.24) is 16.0 Å². The standard InChI is InChI=1S/C18H30N4O3.HI/c1-6-19-18(20-10-9-17(23)22-13(2)3)21-12-14-7-8-15(24-4)16(11-14)25-5;/h7-8,11,13H,6,9-10,12H2,1-5H3,(H,22,23)(H2,19,20,21);1H. The first-order valence-corrected chi connectivity index (χ1v) is 8.52. The van der Waals surface area contributed by atoms with Crippen LogP contribution in [-0.2, 0) is 11.3 Å². The minimum Gasteiger partial charge on any atom is -0.493 e. The van der Waals surface area contributed by atoms with Crippen molar-refractivity contribution in [3.05, 3.63) is 23.8 Å². The zero-order chi connectivity index (χ0) is 18.7. The summed E-state index contributed by atoms with van der Waals surface area (Å²) < 4.78 is 10.5. The molecule has 0 unspecified atom stereocenters. The topological polar surface area (TPSA) is 84.0 Å². The molecule has 0 saturated heterocycles. The molecule has 148 valence electrons. The summed E-state index contributed by atoms with van der Waals surface area (Å²) >= 11 is 0. The van der Waals surface area contributed by atoms with Gasteiger partial charge in [-0.2, -0.15) is 0 Å². The fraction of sp³-hybridized carbons (Fsp3) is 0.556. The van der Waals surface area contributed by atoms with Gasteiger partial charge in [-0.15, -0.1) is 24.0 Å². The number of benzene rings is 1. The van der Waals surface area contributed by atoms with Crippen LogP contribution >= 0.6 is 24.0 Å². The van der Waals surface area contributed by atoms with Crippen LogP contribution in [0.2, 0.25) is 0 Å². The van der Waals surface area contributed by atoms with E-state index in [4.69, 9.17) is 9.47 Å². The van der Waals surface area contributed by atoms with Gasteiger partial charge in [-0.3, -0.25) is 4.79 Å². The molecule has 0 spiro atoms. The van der Waals surface area contributed by atoms with E-state index in [1.54, 1.807) is 14.2 Å². The van der Waals surface area contributed by atoms with Gasteiger partial charge < -0.3 is 25.4 Å². The summed E-state index contributed by atoms with van der Waals surface area (Å²) in [6.45, 7) is 7.65. The van der Waals surface area contributed by atoms with Crippen molar-refractivity contribution in [3.8, 4) is 11.5 Å². The maximum Gasteiger partial charge on any atom is 0.221 e. The van der Waals surface area contributed by atoms with Crippen LogP contribution in [0.25, 0.3) is 0 Å². The minimum atomic E-state index is 0. The summed E-state index contributed by atoms with van der Waals surface area (Å²) in [5.41, 5.74) is 1.01. The van der Waals surface area contributed by atoms with Crippen LogP contribution in [0, 0.1) is 0 Å². The van der Waals surface area contributed by atoms with E-state index in [2.05, 4.69) is 20.9 Å². The normalized spacial score (nSPS) is 10.8. The van der Waals surface area contributed by atoms with Gasteiger partial charge in [-0.25, -0.2) is 4.99 Å². The highest BCUT2D eigenvalue weighted by Crippen LogP contribution is 2.27. The fourth-order valence-electron chi connectivity index (χ4n) is 2.18. The number of halogens is 1. The second kappa shape index (κ2) is 13.5. The summed E-state index contributed by atoms with van der Waals surface area (Å²) in [6, 6.07) is 5.87. The summed E-state index contributed by atoms with van der Waals surface area (Å²) in [5.74, 6) is 2.07. The van der Waals surface area contributed by atoms with Crippen LogP contribution in [-0.4, -0.2) is 45.2 Å². The molecule has 1 amide bonds. The molecule has 0 aromatic heterocycles. The molecule has 1 rings (SSSR count). The molecule has 26 heavy (non-hydrogen) atoms. The van der Waals surface area contributed by atoms with Gasteiger partial charge in [0.05, 0.1) is 20.8 Å². The lowest BCUT2D eigenvalue weighted by Crippen LogP contribution is -2.40. The van der Waals surface area contributed by atoms with Crippen LogP contribution in [0.15, 0.2) is 23.2 Å². The first kappa shape index (κ1) is 24.3. The Kier molecular flexibility index (Phi) is 12.6. The van der Waals surface area contributed by atoms with Gasteiger partial charge >= 0.3 is 0 Å². The van der Waals surface area contributed by atoms with E-state index in [0.29, 0.717) is 37.0 Å². The number of carbonyl (C=O) groups excluding carboxylic acids is 1. The first-order valence-electron chi connectivity index (χ1n) is 8.52. The average Bonchev–Trinajstić information content (AvgIpc) is 2.58. The van der Waals surface area contributed by atoms with Gasteiger partial charge in [0.1, 0.15) is 0 Å². The second-order valence-corrected chi connectivity index (χ2v) is 5.78. The van der Waals surface area contributed by atoms with Crippen LogP contribution in [0.4, 0.5) is 0 Å². The van der Waals surface area contributed by atoms with Crippen LogP contribution in [0.5, 0.6) is 11.5 Å². The molecule has 1 aromatic rings. The lowest BCUT2D eigenvalue weighted by Gasteiger charge is -2.13. The molecular weight excluding hydrogens is 447 g/mol. The van der Waals surface area contributed by atoms with Gasteiger partial charge in [0.2, 0.25) is 5.91 Å². The van der Waals surface area contributed by atoms with E-state index in [0.717, 1.165) is 12.1 Å². The number of hydrogen-bond acceptors (Lipinski definition) is 4. The number of nitrogens with zero attached hydrogens (tertiary/aromatic N) is 1. The predicted molar refractivity (Wildman–Crippen MR) is 116 cm³/mol. The quantitative estimate of drug-likeness (QED) is 0.288. The molecule has 0 radical (unpaired) electrons. The van der Waals surface area contributed by atoms with Gasteiger partial charge in [0, 0.05) is 25.6 Å². The van der Waals surface area contributed by atoms with E-state index >= 15 is 0 Å². The van der Waals surface area contributed by atoms with E-state index < -0.39 is 0 Å². The van der Waals surface area contributed by atoms with Crippen molar-refractivity contribution in [2.45, 2.75) is 39.8 Å². The Morgan fingerprint density at radius 2 is 1.85 bits per heavy atom. The largest absolute Gasteiger partial charge is 0.493 e. The molecular formula is C18H31IN4O3. The van der Waals surface area contributed by atoms with Crippen molar-refractivity contribution >= 4 is 35.8 Å². The average molecular weight is 478 g/mol. The number of rotatable bonds is 9. The lowest BCUT2D eigenvalue weighted by molar-refractivity contribution is -0.121. The molecule has 0 aliphatic carbocycles. The van der Waals surface area contributed by atoms with Gasteiger partial charge in [-0.05, 0) is 38.5 Å². The Labute approximate surface area is 173 Å².